The number of hydrogen-bond donors (Lipinski definition) is 2. The molecule has 0 saturated heterocycles. The van der Waals surface area contributed by atoms with E-state index in [4.69, 9.17) is 9.73 Å². The molecular weight excluding hydrogens is 515 g/mol. The highest BCUT2D eigenvalue weighted by atomic mass is 127. The molecule has 0 atom stereocenters. The Kier molecular flexibility index (Phi) is 11.2. The number of halogens is 1. The van der Waals surface area contributed by atoms with Gasteiger partial charge >= 0.3 is 0 Å². The summed E-state index contributed by atoms with van der Waals surface area (Å²) in [6.07, 6.45) is 8.05. The van der Waals surface area contributed by atoms with Gasteiger partial charge in [-0.15, -0.1) is 24.0 Å². The van der Waals surface area contributed by atoms with Crippen LogP contribution in [0.1, 0.15) is 50.2 Å². The normalized spacial score (nSPS) is 15.2. The van der Waals surface area contributed by atoms with E-state index in [9.17, 15) is 4.79 Å². The molecule has 7 heteroatoms. The molecule has 0 bridgehead atoms. The molecule has 0 aliphatic heterocycles. The number of pyridine rings is 1. The minimum Gasteiger partial charge on any atom is -0.385 e. The maximum absolute atomic E-state index is 11.9. The van der Waals surface area contributed by atoms with E-state index in [2.05, 4.69) is 41.8 Å². The molecule has 0 spiro atoms. The predicted octanol–water partition coefficient (Wildman–Crippen LogP) is 4.17. The summed E-state index contributed by atoms with van der Waals surface area (Å²) in [5.74, 6) is 0.867. The van der Waals surface area contributed by atoms with Crippen molar-refractivity contribution in [3.05, 3.63) is 70.1 Å². The van der Waals surface area contributed by atoms with E-state index in [1.54, 1.807) is 23.8 Å². The first-order valence-corrected chi connectivity index (χ1v) is 11.4. The quantitative estimate of drug-likeness (QED) is 0.264. The van der Waals surface area contributed by atoms with Gasteiger partial charge in [-0.05, 0) is 48.8 Å². The Hall–Kier alpha value is -1.87. The van der Waals surface area contributed by atoms with Crippen LogP contribution in [0.4, 0.5) is 0 Å². The molecule has 0 amide bonds. The Bertz CT molecular complexity index is 889. The minimum absolute atomic E-state index is 0. The highest BCUT2D eigenvalue weighted by molar-refractivity contribution is 14.0. The van der Waals surface area contributed by atoms with Crippen molar-refractivity contribution in [3.63, 3.8) is 0 Å². The van der Waals surface area contributed by atoms with Gasteiger partial charge in [0.15, 0.2) is 5.96 Å². The summed E-state index contributed by atoms with van der Waals surface area (Å²) < 4.78 is 7.06. The van der Waals surface area contributed by atoms with Gasteiger partial charge in [-0.3, -0.25) is 4.79 Å². The number of methoxy groups -OCH3 is 1. The fourth-order valence-electron chi connectivity index (χ4n) is 4.28. The van der Waals surface area contributed by atoms with E-state index in [-0.39, 0.29) is 29.5 Å². The Morgan fingerprint density at radius 1 is 1.09 bits per heavy atom. The van der Waals surface area contributed by atoms with Crippen LogP contribution in [0, 0.1) is 5.41 Å². The van der Waals surface area contributed by atoms with Crippen LogP contribution in [0.3, 0.4) is 0 Å². The van der Waals surface area contributed by atoms with Gasteiger partial charge in [-0.2, -0.15) is 0 Å². The van der Waals surface area contributed by atoms with Crippen molar-refractivity contribution in [2.45, 2.75) is 52.1 Å². The summed E-state index contributed by atoms with van der Waals surface area (Å²) in [4.78, 5) is 16.7. The predicted molar refractivity (Wildman–Crippen MR) is 142 cm³/mol. The van der Waals surface area contributed by atoms with Crippen molar-refractivity contribution in [2.24, 2.45) is 10.4 Å². The summed E-state index contributed by atoms with van der Waals surface area (Å²) >= 11 is 0. The highest BCUT2D eigenvalue weighted by Crippen LogP contribution is 2.40. The van der Waals surface area contributed by atoms with Gasteiger partial charge in [-0.1, -0.05) is 43.2 Å². The molecule has 2 N–H and O–H groups in total. The van der Waals surface area contributed by atoms with Gasteiger partial charge in [-0.25, -0.2) is 4.99 Å². The SMILES string of the molecule is CCNC(=NCc1ccc(Cn2ccccc2=O)cc1)NCC1(CCOC)CCCC1.I. The Morgan fingerprint density at radius 2 is 1.81 bits per heavy atom. The molecule has 1 fully saturated rings. The summed E-state index contributed by atoms with van der Waals surface area (Å²) in [6, 6.07) is 13.6. The Labute approximate surface area is 208 Å². The van der Waals surface area contributed by atoms with Crippen LogP contribution >= 0.6 is 24.0 Å². The molecule has 6 nitrogen and oxygen atoms in total. The second-order valence-electron chi connectivity index (χ2n) is 8.48. The number of nitrogens with one attached hydrogen (secondary N) is 2. The fraction of sp³-hybridized carbons (Fsp3) is 0.520. The van der Waals surface area contributed by atoms with Crippen molar-refractivity contribution in [2.75, 3.05) is 26.8 Å². The van der Waals surface area contributed by atoms with Crippen molar-refractivity contribution in [1.29, 1.82) is 0 Å². The lowest BCUT2D eigenvalue weighted by Gasteiger charge is -2.30. The lowest BCUT2D eigenvalue weighted by molar-refractivity contribution is 0.138. The molecular formula is C25H37IN4O2. The molecule has 32 heavy (non-hydrogen) atoms. The highest BCUT2D eigenvalue weighted by Gasteiger charge is 2.33. The summed E-state index contributed by atoms with van der Waals surface area (Å²) in [5.41, 5.74) is 2.59. The second-order valence-corrected chi connectivity index (χ2v) is 8.48. The van der Waals surface area contributed by atoms with Crippen molar-refractivity contribution < 1.29 is 4.74 Å². The van der Waals surface area contributed by atoms with Gasteiger partial charge in [0.05, 0.1) is 13.1 Å². The van der Waals surface area contributed by atoms with E-state index in [0.29, 0.717) is 18.5 Å². The number of aromatic nitrogens is 1. The third kappa shape index (κ3) is 7.92. The summed E-state index contributed by atoms with van der Waals surface area (Å²) in [7, 11) is 1.78. The van der Waals surface area contributed by atoms with Gasteiger partial charge in [0.25, 0.3) is 5.56 Å². The third-order valence-corrected chi connectivity index (χ3v) is 6.17. The first-order chi connectivity index (χ1) is 15.1. The van der Waals surface area contributed by atoms with Crippen molar-refractivity contribution in [3.8, 4) is 0 Å². The average molecular weight is 553 g/mol. The number of benzene rings is 1. The fourth-order valence-corrected chi connectivity index (χ4v) is 4.28. The number of rotatable bonds is 10. The molecule has 1 aromatic heterocycles. The first kappa shape index (κ1) is 26.4. The number of hydrogen-bond acceptors (Lipinski definition) is 3. The first-order valence-electron chi connectivity index (χ1n) is 11.4. The summed E-state index contributed by atoms with van der Waals surface area (Å²) in [5, 5.41) is 6.95. The van der Waals surface area contributed by atoms with Crippen LogP contribution in [0.15, 0.2) is 58.4 Å². The molecule has 1 aliphatic carbocycles. The lowest BCUT2D eigenvalue weighted by Crippen LogP contribution is -2.43. The molecule has 3 rings (SSSR count). The average Bonchev–Trinajstić information content (AvgIpc) is 3.26. The molecule has 2 aromatic rings. The van der Waals surface area contributed by atoms with Crippen molar-refractivity contribution >= 4 is 29.9 Å². The van der Waals surface area contributed by atoms with Crippen LogP contribution in [0.25, 0.3) is 0 Å². The zero-order chi connectivity index (χ0) is 21.9. The van der Waals surface area contributed by atoms with Gasteiger partial charge < -0.3 is 19.9 Å². The molecule has 0 unspecified atom stereocenters. The standard InChI is InChI=1S/C25H36N4O2.HI/c1-3-26-24(28-20-25(15-17-31-2)13-5-6-14-25)27-18-21-9-11-22(12-10-21)19-29-16-7-4-8-23(29)30;/h4,7-12,16H,3,5-6,13-15,17-20H2,1-2H3,(H2,26,27,28);1H. The van der Waals surface area contributed by atoms with E-state index in [0.717, 1.165) is 43.2 Å². The van der Waals surface area contributed by atoms with E-state index < -0.39 is 0 Å². The largest absolute Gasteiger partial charge is 0.385 e. The number of nitrogens with zero attached hydrogens (tertiary/aromatic N) is 2. The third-order valence-electron chi connectivity index (χ3n) is 6.17. The maximum atomic E-state index is 11.9. The molecule has 1 aromatic carbocycles. The molecule has 176 valence electrons. The Balaban J connectivity index is 0.00000363. The monoisotopic (exact) mass is 552 g/mol. The second kappa shape index (κ2) is 13.6. The van der Waals surface area contributed by atoms with Crippen LogP contribution in [-0.2, 0) is 17.8 Å². The number of guanidine groups is 1. The lowest BCUT2D eigenvalue weighted by atomic mass is 9.83. The minimum atomic E-state index is 0. The zero-order valence-electron chi connectivity index (χ0n) is 19.3. The molecule has 1 saturated carbocycles. The number of aliphatic imine (C=N–C) groups is 1. The topological polar surface area (TPSA) is 67.7 Å². The van der Waals surface area contributed by atoms with Gasteiger partial charge in [0.1, 0.15) is 0 Å². The van der Waals surface area contributed by atoms with Crippen LogP contribution in [0.5, 0.6) is 0 Å². The van der Waals surface area contributed by atoms with Gasteiger partial charge in [0, 0.05) is 39.1 Å². The van der Waals surface area contributed by atoms with Crippen LogP contribution in [0.2, 0.25) is 0 Å². The molecule has 1 heterocycles. The summed E-state index contributed by atoms with van der Waals surface area (Å²) in [6.45, 7) is 5.88. The maximum Gasteiger partial charge on any atom is 0.250 e. The van der Waals surface area contributed by atoms with Gasteiger partial charge in [0.2, 0.25) is 0 Å². The van der Waals surface area contributed by atoms with Crippen LogP contribution in [-0.4, -0.2) is 37.3 Å². The Morgan fingerprint density at radius 3 is 2.47 bits per heavy atom. The molecule has 0 radical (unpaired) electrons. The van der Waals surface area contributed by atoms with E-state index in [1.165, 1.54) is 25.7 Å². The van der Waals surface area contributed by atoms with Crippen LogP contribution < -0.4 is 16.2 Å². The van der Waals surface area contributed by atoms with E-state index >= 15 is 0 Å². The van der Waals surface area contributed by atoms with E-state index in [1.807, 2.05) is 12.3 Å². The smallest absolute Gasteiger partial charge is 0.250 e. The molecule has 1 aliphatic rings. The zero-order valence-corrected chi connectivity index (χ0v) is 21.6. The number of ether oxygens (including phenoxy) is 1. The van der Waals surface area contributed by atoms with Crippen molar-refractivity contribution in [1.82, 2.24) is 15.2 Å².